The van der Waals surface area contributed by atoms with Crippen LogP contribution >= 0.6 is 0 Å². The molecule has 0 aromatic heterocycles. The first-order chi connectivity index (χ1) is 4.16. The predicted molar refractivity (Wildman–Crippen MR) is 32.6 cm³/mol. The number of allylic oxidation sites excluding steroid dienone is 1. The van der Waals surface area contributed by atoms with Crippen LogP contribution in [-0.2, 0) is 9.53 Å². The van der Waals surface area contributed by atoms with Crippen LogP contribution in [0.4, 0.5) is 0 Å². The Hall–Kier alpha value is -0.830. The van der Waals surface area contributed by atoms with Crippen LogP contribution in [0.5, 0.6) is 0 Å². The van der Waals surface area contributed by atoms with E-state index in [1.165, 1.54) is 0 Å². The van der Waals surface area contributed by atoms with Crippen molar-refractivity contribution in [1.29, 1.82) is 0 Å². The standard InChI is InChI=1S/C6H10O3/c1-5(2)9-6(8)3-4-7/h7H,1,3-4H2,2H3. The van der Waals surface area contributed by atoms with E-state index in [1.54, 1.807) is 6.92 Å². The highest BCUT2D eigenvalue weighted by Gasteiger charge is 1.99. The smallest absolute Gasteiger partial charge is 0.313 e. The van der Waals surface area contributed by atoms with Gasteiger partial charge in [-0.3, -0.25) is 4.79 Å². The maximum atomic E-state index is 10.4. The molecular weight excluding hydrogens is 120 g/mol. The molecule has 0 spiro atoms. The molecule has 0 amide bonds. The number of carbonyl (C=O) groups is 1. The Labute approximate surface area is 53.9 Å². The van der Waals surface area contributed by atoms with Crippen LogP contribution in [0.15, 0.2) is 12.3 Å². The molecule has 9 heavy (non-hydrogen) atoms. The Kier molecular flexibility index (Phi) is 3.71. The zero-order valence-electron chi connectivity index (χ0n) is 5.39. The molecule has 0 aliphatic rings. The molecular formula is C6H10O3. The maximum absolute atomic E-state index is 10.4. The zero-order valence-corrected chi connectivity index (χ0v) is 5.39. The Balaban J connectivity index is 3.39. The highest BCUT2D eigenvalue weighted by molar-refractivity contribution is 5.70. The van der Waals surface area contributed by atoms with Crippen LogP contribution in [0.2, 0.25) is 0 Å². The number of aliphatic hydroxyl groups is 1. The summed E-state index contributed by atoms with van der Waals surface area (Å²) in [6, 6.07) is 0. The lowest BCUT2D eigenvalue weighted by Crippen LogP contribution is -2.03. The van der Waals surface area contributed by atoms with Gasteiger partial charge in [0.1, 0.15) is 0 Å². The molecule has 0 bridgehead atoms. The van der Waals surface area contributed by atoms with Crippen molar-refractivity contribution in [2.45, 2.75) is 13.3 Å². The molecule has 1 N–H and O–H groups in total. The molecule has 0 saturated carbocycles. The molecule has 0 aromatic carbocycles. The van der Waals surface area contributed by atoms with E-state index in [-0.39, 0.29) is 13.0 Å². The topological polar surface area (TPSA) is 46.5 Å². The van der Waals surface area contributed by atoms with E-state index < -0.39 is 5.97 Å². The van der Waals surface area contributed by atoms with E-state index in [2.05, 4.69) is 11.3 Å². The summed E-state index contributed by atoms with van der Waals surface area (Å²) in [4.78, 5) is 10.4. The molecule has 0 saturated heterocycles. The van der Waals surface area contributed by atoms with Gasteiger partial charge in [0.05, 0.1) is 18.8 Å². The Morgan fingerprint density at radius 1 is 1.78 bits per heavy atom. The minimum Gasteiger partial charge on any atom is -0.432 e. The van der Waals surface area contributed by atoms with Gasteiger partial charge in [0.15, 0.2) is 0 Å². The summed E-state index contributed by atoms with van der Waals surface area (Å²) in [5.41, 5.74) is 0. The number of ether oxygens (including phenoxy) is 1. The van der Waals surface area contributed by atoms with Gasteiger partial charge in [-0.2, -0.15) is 0 Å². The van der Waals surface area contributed by atoms with Crippen molar-refractivity contribution in [3.8, 4) is 0 Å². The van der Waals surface area contributed by atoms with Crippen molar-refractivity contribution in [3.63, 3.8) is 0 Å². The highest BCUT2D eigenvalue weighted by Crippen LogP contribution is 1.93. The molecule has 0 aliphatic carbocycles. The van der Waals surface area contributed by atoms with Crippen molar-refractivity contribution < 1.29 is 14.6 Å². The minimum atomic E-state index is -0.440. The quantitative estimate of drug-likeness (QED) is 0.445. The molecule has 0 atom stereocenters. The van der Waals surface area contributed by atoms with Crippen LogP contribution in [0, 0.1) is 0 Å². The van der Waals surface area contributed by atoms with Gasteiger partial charge in [-0.05, 0) is 6.92 Å². The van der Waals surface area contributed by atoms with Crippen LogP contribution in [-0.4, -0.2) is 17.7 Å². The summed E-state index contributed by atoms with van der Waals surface area (Å²) >= 11 is 0. The van der Waals surface area contributed by atoms with Crippen LogP contribution in [0.3, 0.4) is 0 Å². The van der Waals surface area contributed by atoms with Crippen LogP contribution in [0.25, 0.3) is 0 Å². The molecule has 3 heteroatoms. The SMILES string of the molecule is C=C(C)OC(=O)CCO. The van der Waals surface area contributed by atoms with Gasteiger partial charge in [0.25, 0.3) is 0 Å². The van der Waals surface area contributed by atoms with Crippen molar-refractivity contribution in [2.75, 3.05) is 6.61 Å². The zero-order chi connectivity index (χ0) is 7.28. The summed E-state index contributed by atoms with van der Waals surface area (Å²) in [7, 11) is 0. The first-order valence-corrected chi connectivity index (χ1v) is 2.64. The monoisotopic (exact) mass is 130 g/mol. The third kappa shape index (κ3) is 5.03. The van der Waals surface area contributed by atoms with Crippen molar-refractivity contribution in [3.05, 3.63) is 12.3 Å². The number of hydrogen-bond donors (Lipinski definition) is 1. The fraction of sp³-hybridized carbons (Fsp3) is 0.500. The largest absolute Gasteiger partial charge is 0.432 e. The summed E-state index contributed by atoms with van der Waals surface area (Å²) in [6.45, 7) is 4.76. The lowest BCUT2D eigenvalue weighted by atomic mass is 10.5. The second-order valence-electron chi connectivity index (χ2n) is 1.65. The van der Waals surface area contributed by atoms with E-state index in [0.29, 0.717) is 5.76 Å². The minimum absolute atomic E-state index is 0.0346. The number of carbonyl (C=O) groups excluding carboxylic acids is 1. The lowest BCUT2D eigenvalue weighted by molar-refractivity contribution is -0.140. The van der Waals surface area contributed by atoms with E-state index in [0.717, 1.165) is 0 Å². The molecule has 3 nitrogen and oxygen atoms in total. The molecule has 0 rings (SSSR count). The van der Waals surface area contributed by atoms with Gasteiger partial charge in [-0.15, -0.1) is 0 Å². The van der Waals surface area contributed by atoms with E-state index in [9.17, 15) is 4.79 Å². The summed E-state index contributed by atoms with van der Waals surface area (Å²) < 4.78 is 4.50. The molecule has 0 unspecified atom stereocenters. The van der Waals surface area contributed by atoms with Crippen LogP contribution in [0.1, 0.15) is 13.3 Å². The fourth-order valence-corrected chi connectivity index (χ4v) is 0.337. The van der Waals surface area contributed by atoms with Crippen molar-refractivity contribution in [2.24, 2.45) is 0 Å². The Morgan fingerprint density at radius 2 is 2.33 bits per heavy atom. The lowest BCUT2D eigenvalue weighted by Gasteiger charge is -1.98. The average molecular weight is 130 g/mol. The number of hydrogen-bond acceptors (Lipinski definition) is 3. The van der Waals surface area contributed by atoms with Gasteiger partial charge >= 0.3 is 5.97 Å². The third-order valence-corrected chi connectivity index (χ3v) is 0.604. The maximum Gasteiger partial charge on any atom is 0.313 e. The third-order valence-electron chi connectivity index (χ3n) is 0.604. The summed E-state index contributed by atoms with van der Waals surface area (Å²) in [5.74, 6) is -0.0848. The first kappa shape index (κ1) is 8.17. The van der Waals surface area contributed by atoms with E-state index >= 15 is 0 Å². The predicted octanol–water partition coefficient (Wildman–Crippen LogP) is 0.446. The Morgan fingerprint density at radius 3 is 2.67 bits per heavy atom. The van der Waals surface area contributed by atoms with Gasteiger partial charge in [0.2, 0.25) is 0 Å². The van der Waals surface area contributed by atoms with Gasteiger partial charge < -0.3 is 9.84 Å². The normalized spacial score (nSPS) is 8.67. The molecule has 52 valence electrons. The van der Waals surface area contributed by atoms with E-state index in [4.69, 9.17) is 5.11 Å². The summed E-state index contributed by atoms with van der Waals surface area (Å²) in [5, 5.41) is 8.22. The number of rotatable bonds is 3. The average Bonchev–Trinajstić information content (AvgIpc) is 1.63. The van der Waals surface area contributed by atoms with Crippen molar-refractivity contribution in [1.82, 2.24) is 0 Å². The molecule has 0 heterocycles. The van der Waals surface area contributed by atoms with E-state index in [1.807, 2.05) is 0 Å². The number of esters is 1. The molecule has 0 aliphatic heterocycles. The molecule has 0 radical (unpaired) electrons. The number of aliphatic hydroxyl groups excluding tert-OH is 1. The molecule has 0 aromatic rings. The fourth-order valence-electron chi connectivity index (χ4n) is 0.337. The van der Waals surface area contributed by atoms with Gasteiger partial charge in [-0.25, -0.2) is 0 Å². The second-order valence-corrected chi connectivity index (χ2v) is 1.65. The Bertz CT molecular complexity index is 117. The van der Waals surface area contributed by atoms with Gasteiger partial charge in [0, 0.05) is 0 Å². The second kappa shape index (κ2) is 4.09. The summed E-state index contributed by atoms with van der Waals surface area (Å²) in [6.07, 6.45) is 0.0346. The van der Waals surface area contributed by atoms with Crippen LogP contribution < -0.4 is 0 Å². The van der Waals surface area contributed by atoms with Crippen molar-refractivity contribution >= 4 is 5.97 Å². The van der Waals surface area contributed by atoms with Gasteiger partial charge in [-0.1, -0.05) is 6.58 Å². The first-order valence-electron chi connectivity index (χ1n) is 2.64. The molecule has 0 fully saturated rings. The highest BCUT2D eigenvalue weighted by atomic mass is 16.5.